The van der Waals surface area contributed by atoms with Crippen LogP contribution in [-0.4, -0.2) is 12.0 Å². The van der Waals surface area contributed by atoms with Crippen LogP contribution in [0.25, 0.3) is 0 Å². The van der Waals surface area contributed by atoms with E-state index in [4.69, 9.17) is 4.74 Å². The van der Waals surface area contributed by atoms with Gasteiger partial charge in [-0.15, -0.1) is 18.3 Å². The first-order chi connectivity index (χ1) is 9.38. The monoisotopic (exact) mass is 267 g/mol. The zero-order valence-corrected chi connectivity index (χ0v) is 11.2. The summed E-state index contributed by atoms with van der Waals surface area (Å²) in [5, 5.41) is 0. The Kier molecular flexibility index (Phi) is 3.38. The highest BCUT2D eigenvalue weighted by molar-refractivity contribution is 7.99. The van der Waals surface area contributed by atoms with Gasteiger partial charge in [-0.05, 0) is 24.3 Å². The molecule has 1 heterocycles. The first-order valence-electron chi connectivity index (χ1n) is 6.06. The van der Waals surface area contributed by atoms with Crippen molar-refractivity contribution in [3.63, 3.8) is 0 Å². The fraction of sp³-hybridized carbons (Fsp3) is 0.0625. The quantitative estimate of drug-likeness (QED) is 0.501. The molecule has 0 spiro atoms. The first kappa shape index (κ1) is 12.1. The Balaban J connectivity index is 2.05. The summed E-state index contributed by atoms with van der Waals surface area (Å²) in [5.41, 5.74) is 1.89. The third-order valence-electron chi connectivity index (χ3n) is 2.80. The number of para-hydroxylation sites is 2. The maximum absolute atomic E-state index is 5.96. The fourth-order valence-corrected chi connectivity index (χ4v) is 2.70. The van der Waals surface area contributed by atoms with Crippen LogP contribution in [0, 0.1) is 0 Å². The minimum absolute atomic E-state index is 0.795. The van der Waals surface area contributed by atoms with E-state index in [1.54, 1.807) is 11.8 Å². The first-order valence-corrected chi connectivity index (χ1v) is 7.04. The van der Waals surface area contributed by atoms with E-state index in [0.717, 1.165) is 33.4 Å². The van der Waals surface area contributed by atoms with Crippen molar-refractivity contribution in [1.82, 2.24) is 0 Å². The summed E-state index contributed by atoms with van der Waals surface area (Å²) in [6.45, 7) is 3.75. The van der Waals surface area contributed by atoms with Crippen LogP contribution in [0.5, 0.6) is 11.5 Å². The predicted molar refractivity (Wildman–Crippen MR) is 81.1 cm³/mol. The van der Waals surface area contributed by atoms with Gasteiger partial charge in [0.1, 0.15) is 11.4 Å². The van der Waals surface area contributed by atoms with Gasteiger partial charge in [-0.25, -0.2) is 0 Å². The molecule has 2 nitrogen and oxygen atoms in total. The van der Waals surface area contributed by atoms with Crippen molar-refractivity contribution in [2.24, 2.45) is 4.99 Å². The molecule has 0 atom stereocenters. The summed E-state index contributed by atoms with van der Waals surface area (Å²) < 4.78 is 5.96. The maximum Gasteiger partial charge on any atom is 0.153 e. The van der Waals surface area contributed by atoms with E-state index >= 15 is 0 Å². The molecule has 0 N–H and O–H groups in total. The summed E-state index contributed by atoms with van der Waals surface area (Å²) in [7, 11) is 0. The molecule has 0 amide bonds. The van der Waals surface area contributed by atoms with Crippen LogP contribution < -0.4 is 4.74 Å². The highest BCUT2D eigenvalue weighted by Crippen LogP contribution is 2.38. The van der Waals surface area contributed by atoms with Crippen LogP contribution >= 0.6 is 11.8 Å². The van der Waals surface area contributed by atoms with Gasteiger partial charge in [0.15, 0.2) is 5.75 Å². The number of benzene rings is 2. The Morgan fingerprint density at radius 2 is 1.95 bits per heavy atom. The van der Waals surface area contributed by atoms with Crippen LogP contribution in [0.2, 0.25) is 0 Å². The molecule has 2 aromatic rings. The van der Waals surface area contributed by atoms with E-state index in [1.807, 2.05) is 48.7 Å². The van der Waals surface area contributed by atoms with E-state index in [-0.39, 0.29) is 0 Å². The summed E-state index contributed by atoms with van der Waals surface area (Å²) in [6.07, 6.45) is 3.78. The molecule has 0 saturated carbocycles. The molecule has 3 heteroatoms. The molecule has 0 saturated heterocycles. The standard InChI is InChI=1S/C16H13NOS/c1-2-10-19-16-9-5-8-14-12(16)11-17-13-6-3-4-7-15(13)18-14/h2-9,11H,1,10H2. The Hall–Kier alpha value is -2.00. The van der Waals surface area contributed by atoms with Crippen LogP contribution in [0.4, 0.5) is 5.69 Å². The molecular weight excluding hydrogens is 254 g/mol. The Morgan fingerprint density at radius 1 is 1.11 bits per heavy atom. The van der Waals surface area contributed by atoms with Gasteiger partial charge in [-0.3, -0.25) is 4.99 Å². The van der Waals surface area contributed by atoms with Crippen molar-refractivity contribution in [1.29, 1.82) is 0 Å². The largest absolute Gasteiger partial charge is 0.454 e. The molecule has 0 radical (unpaired) electrons. The second-order valence-corrected chi connectivity index (χ2v) is 5.16. The number of aliphatic imine (C=N–C) groups is 1. The number of ether oxygens (including phenoxy) is 1. The van der Waals surface area contributed by atoms with Crippen LogP contribution in [0.15, 0.2) is 65.0 Å². The van der Waals surface area contributed by atoms with Gasteiger partial charge in [0, 0.05) is 22.4 Å². The molecule has 0 fully saturated rings. The van der Waals surface area contributed by atoms with E-state index < -0.39 is 0 Å². The van der Waals surface area contributed by atoms with Gasteiger partial charge in [-0.1, -0.05) is 24.3 Å². The molecule has 94 valence electrons. The van der Waals surface area contributed by atoms with Crippen molar-refractivity contribution < 1.29 is 4.74 Å². The highest BCUT2D eigenvalue weighted by atomic mass is 32.2. The molecule has 2 aromatic carbocycles. The van der Waals surface area contributed by atoms with Crippen molar-refractivity contribution in [2.45, 2.75) is 4.90 Å². The number of nitrogens with zero attached hydrogens (tertiary/aromatic N) is 1. The number of fused-ring (bicyclic) bond motifs is 2. The lowest BCUT2D eigenvalue weighted by Gasteiger charge is -2.10. The third kappa shape index (κ3) is 2.42. The van der Waals surface area contributed by atoms with Crippen molar-refractivity contribution in [3.05, 3.63) is 60.7 Å². The average Bonchev–Trinajstić information content (AvgIpc) is 2.64. The fourth-order valence-electron chi connectivity index (χ4n) is 1.92. The van der Waals surface area contributed by atoms with Gasteiger partial charge in [0.25, 0.3) is 0 Å². The number of hydrogen-bond acceptors (Lipinski definition) is 3. The molecular formula is C16H13NOS. The van der Waals surface area contributed by atoms with E-state index in [2.05, 4.69) is 17.6 Å². The Morgan fingerprint density at radius 3 is 2.84 bits per heavy atom. The van der Waals surface area contributed by atoms with Gasteiger partial charge in [0.05, 0.1) is 0 Å². The number of rotatable bonds is 3. The van der Waals surface area contributed by atoms with Crippen LogP contribution in [0.3, 0.4) is 0 Å². The smallest absolute Gasteiger partial charge is 0.153 e. The second-order valence-electron chi connectivity index (χ2n) is 4.10. The minimum Gasteiger partial charge on any atom is -0.454 e. The Labute approximate surface area is 116 Å². The third-order valence-corrected chi connectivity index (χ3v) is 3.87. The Bertz CT molecular complexity index is 649. The summed E-state index contributed by atoms with van der Waals surface area (Å²) in [5.74, 6) is 2.52. The van der Waals surface area contributed by atoms with E-state index in [1.165, 1.54) is 0 Å². The lowest BCUT2D eigenvalue weighted by Crippen LogP contribution is -1.91. The average molecular weight is 267 g/mol. The minimum atomic E-state index is 0.795. The molecule has 1 aliphatic rings. The number of thioether (sulfide) groups is 1. The van der Waals surface area contributed by atoms with Crippen LogP contribution in [-0.2, 0) is 0 Å². The molecule has 1 aliphatic heterocycles. The van der Waals surface area contributed by atoms with Gasteiger partial charge < -0.3 is 4.74 Å². The SMILES string of the molecule is C=CCSc1cccc2c1C=Nc1ccccc1O2. The lowest BCUT2D eigenvalue weighted by atomic mass is 10.2. The topological polar surface area (TPSA) is 21.6 Å². The van der Waals surface area contributed by atoms with Crippen molar-refractivity contribution >= 4 is 23.7 Å². The van der Waals surface area contributed by atoms with E-state index in [9.17, 15) is 0 Å². The molecule has 0 unspecified atom stereocenters. The molecule has 0 aromatic heterocycles. The molecule has 3 rings (SSSR count). The summed E-state index contributed by atoms with van der Waals surface area (Å²) in [4.78, 5) is 5.67. The molecule has 19 heavy (non-hydrogen) atoms. The van der Waals surface area contributed by atoms with Gasteiger partial charge in [-0.2, -0.15) is 0 Å². The zero-order chi connectivity index (χ0) is 13.1. The molecule has 0 aliphatic carbocycles. The van der Waals surface area contributed by atoms with Crippen LogP contribution in [0.1, 0.15) is 5.56 Å². The lowest BCUT2D eigenvalue weighted by molar-refractivity contribution is 0.483. The summed E-state index contributed by atoms with van der Waals surface area (Å²) in [6, 6.07) is 13.9. The normalized spacial score (nSPS) is 12.0. The number of hydrogen-bond donors (Lipinski definition) is 0. The maximum atomic E-state index is 5.96. The second kappa shape index (κ2) is 5.33. The van der Waals surface area contributed by atoms with Gasteiger partial charge >= 0.3 is 0 Å². The van der Waals surface area contributed by atoms with Crippen molar-refractivity contribution in [3.8, 4) is 11.5 Å². The van der Waals surface area contributed by atoms with E-state index in [0.29, 0.717) is 0 Å². The van der Waals surface area contributed by atoms with Crippen molar-refractivity contribution in [2.75, 3.05) is 5.75 Å². The van der Waals surface area contributed by atoms with Gasteiger partial charge in [0.2, 0.25) is 0 Å². The predicted octanol–water partition coefficient (Wildman–Crippen LogP) is 4.82. The zero-order valence-electron chi connectivity index (χ0n) is 10.4. The summed E-state index contributed by atoms with van der Waals surface area (Å²) >= 11 is 1.73. The highest BCUT2D eigenvalue weighted by Gasteiger charge is 2.13. The molecule has 0 bridgehead atoms.